The third-order valence-corrected chi connectivity index (χ3v) is 3.89. The highest BCUT2D eigenvalue weighted by atomic mass is 16.2. The first-order valence-corrected chi connectivity index (χ1v) is 7.51. The molecule has 120 valence electrons. The minimum Gasteiger partial charge on any atom is -0.353 e. The molecule has 1 aromatic carbocycles. The van der Waals surface area contributed by atoms with Gasteiger partial charge in [-0.25, -0.2) is 0 Å². The summed E-state index contributed by atoms with van der Waals surface area (Å²) in [6.07, 6.45) is 0. The van der Waals surface area contributed by atoms with Crippen molar-refractivity contribution in [3.8, 4) is 11.4 Å². The first-order valence-electron chi connectivity index (χ1n) is 7.51. The maximum atomic E-state index is 13.0. The molecule has 2 aromatic rings. The fourth-order valence-corrected chi connectivity index (χ4v) is 2.87. The van der Waals surface area contributed by atoms with Gasteiger partial charge in [0.05, 0.1) is 5.56 Å². The molecule has 3 rings (SSSR count). The van der Waals surface area contributed by atoms with Crippen molar-refractivity contribution in [3.63, 3.8) is 0 Å². The number of tetrazole rings is 1. The molecule has 1 fully saturated rings. The van der Waals surface area contributed by atoms with E-state index in [0.29, 0.717) is 30.0 Å². The predicted octanol–water partition coefficient (Wildman–Crippen LogP) is 0.463. The van der Waals surface area contributed by atoms with Gasteiger partial charge in [-0.2, -0.15) is 5.21 Å². The van der Waals surface area contributed by atoms with Gasteiger partial charge in [0.1, 0.15) is 6.04 Å². The van der Waals surface area contributed by atoms with E-state index in [1.807, 2.05) is 19.9 Å². The number of carbonyl (C=O) groups excluding carboxylic acids is 2. The Labute approximate surface area is 133 Å². The lowest BCUT2D eigenvalue weighted by atomic mass is 9.97. The van der Waals surface area contributed by atoms with Gasteiger partial charge in [-0.3, -0.25) is 9.59 Å². The van der Waals surface area contributed by atoms with Crippen LogP contribution < -0.4 is 5.32 Å². The average Bonchev–Trinajstić information content (AvgIpc) is 3.08. The molecule has 0 aliphatic carbocycles. The van der Waals surface area contributed by atoms with Gasteiger partial charge in [-0.05, 0) is 17.2 Å². The Morgan fingerprint density at radius 3 is 2.83 bits per heavy atom. The van der Waals surface area contributed by atoms with Crippen LogP contribution in [0.5, 0.6) is 0 Å². The molecule has 1 atom stereocenters. The van der Waals surface area contributed by atoms with Crippen LogP contribution in [0.2, 0.25) is 0 Å². The number of hydrogen-bond acceptors (Lipinski definition) is 5. The van der Waals surface area contributed by atoms with Crippen LogP contribution in [0, 0.1) is 5.92 Å². The van der Waals surface area contributed by atoms with E-state index in [2.05, 4.69) is 25.9 Å². The van der Waals surface area contributed by atoms with Crippen molar-refractivity contribution in [2.45, 2.75) is 19.9 Å². The molecule has 2 N–H and O–H groups in total. The lowest BCUT2D eigenvalue weighted by Crippen LogP contribution is -2.59. The molecule has 0 spiro atoms. The molecule has 0 saturated carbocycles. The van der Waals surface area contributed by atoms with Gasteiger partial charge in [-0.1, -0.05) is 32.0 Å². The molecule has 23 heavy (non-hydrogen) atoms. The molecular weight excluding hydrogens is 296 g/mol. The molecule has 0 bridgehead atoms. The summed E-state index contributed by atoms with van der Waals surface area (Å²) in [5.74, 6) is 0.0729. The van der Waals surface area contributed by atoms with Gasteiger partial charge in [-0.15, -0.1) is 10.2 Å². The van der Waals surface area contributed by atoms with Crippen LogP contribution in [0.15, 0.2) is 24.3 Å². The molecule has 8 nitrogen and oxygen atoms in total. The van der Waals surface area contributed by atoms with Gasteiger partial charge in [0.2, 0.25) is 11.7 Å². The molecule has 8 heteroatoms. The SMILES string of the molecule is CC(C)[C@@H]1C(=O)NCCN1C(=O)c1ccccc1-c1nn[nH]n1. The lowest BCUT2D eigenvalue weighted by molar-refractivity contribution is -0.129. The lowest BCUT2D eigenvalue weighted by Gasteiger charge is -2.37. The van der Waals surface area contributed by atoms with E-state index < -0.39 is 6.04 Å². The molecule has 1 aliphatic rings. The third kappa shape index (κ3) is 2.79. The molecule has 1 aliphatic heterocycles. The summed E-state index contributed by atoms with van der Waals surface area (Å²) in [6.45, 7) is 4.80. The van der Waals surface area contributed by atoms with Crippen LogP contribution >= 0.6 is 0 Å². The van der Waals surface area contributed by atoms with Crippen molar-refractivity contribution in [1.29, 1.82) is 0 Å². The number of hydrogen-bond donors (Lipinski definition) is 2. The van der Waals surface area contributed by atoms with Gasteiger partial charge < -0.3 is 10.2 Å². The van der Waals surface area contributed by atoms with E-state index in [-0.39, 0.29) is 17.7 Å². The fraction of sp³-hybridized carbons (Fsp3) is 0.400. The van der Waals surface area contributed by atoms with Crippen LogP contribution in [0.3, 0.4) is 0 Å². The zero-order valence-corrected chi connectivity index (χ0v) is 13.0. The van der Waals surface area contributed by atoms with E-state index in [1.54, 1.807) is 23.1 Å². The summed E-state index contributed by atoms with van der Waals surface area (Å²) < 4.78 is 0. The van der Waals surface area contributed by atoms with Crippen LogP contribution in [0.25, 0.3) is 11.4 Å². The Hall–Kier alpha value is -2.77. The molecule has 2 heterocycles. The monoisotopic (exact) mass is 314 g/mol. The maximum Gasteiger partial charge on any atom is 0.255 e. The zero-order chi connectivity index (χ0) is 16.4. The summed E-state index contributed by atoms with van der Waals surface area (Å²) in [4.78, 5) is 26.8. The topological polar surface area (TPSA) is 104 Å². The number of rotatable bonds is 3. The van der Waals surface area contributed by atoms with Gasteiger partial charge in [0.15, 0.2) is 0 Å². The number of nitrogens with zero attached hydrogens (tertiary/aromatic N) is 4. The van der Waals surface area contributed by atoms with Crippen molar-refractivity contribution in [2.24, 2.45) is 5.92 Å². The summed E-state index contributed by atoms with van der Waals surface area (Å²) in [5.41, 5.74) is 1.06. The average molecular weight is 314 g/mol. The highest BCUT2D eigenvalue weighted by molar-refractivity contribution is 6.02. The van der Waals surface area contributed by atoms with E-state index in [0.717, 1.165) is 0 Å². The quantitative estimate of drug-likeness (QED) is 0.856. The number of amides is 2. The fourth-order valence-electron chi connectivity index (χ4n) is 2.87. The minimum absolute atomic E-state index is 0.0246. The van der Waals surface area contributed by atoms with Crippen LogP contribution in [-0.4, -0.2) is 56.5 Å². The van der Waals surface area contributed by atoms with Crippen LogP contribution in [0.1, 0.15) is 24.2 Å². The normalized spacial score (nSPS) is 18.1. The summed E-state index contributed by atoms with van der Waals surface area (Å²) >= 11 is 0. The molecule has 0 unspecified atom stereocenters. The van der Waals surface area contributed by atoms with Gasteiger partial charge >= 0.3 is 0 Å². The summed E-state index contributed by atoms with van der Waals surface area (Å²) in [7, 11) is 0. The van der Waals surface area contributed by atoms with Gasteiger partial charge in [0.25, 0.3) is 5.91 Å². The van der Waals surface area contributed by atoms with Crippen molar-refractivity contribution < 1.29 is 9.59 Å². The van der Waals surface area contributed by atoms with Gasteiger partial charge in [0, 0.05) is 18.7 Å². The molecule has 0 radical (unpaired) electrons. The molecular formula is C15H18N6O2. The number of benzene rings is 1. The number of aromatic nitrogens is 4. The van der Waals surface area contributed by atoms with E-state index in [1.165, 1.54) is 0 Å². The van der Waals surface area contributed by atoms with Crippen molar-refractivity contribution in [2.75, 3.05) is 13.1 Å². The highest BCUT2D eigenvalue weighted by Crippen LogP contribution is 2.24. The Kier molecular flexibility index (Phi) is 4.05. The number of piperazine rings is 1. The van der Waals surface area contributed by atoms with Crippen LogP contribution in [0.4, 0.5) is 0 Å². The Morgan fingerprint density at radius 1 is 1.35 bits per heavy atom. The minimum atomic E-state index is -0.477. The maximum absolute atomic E-state index is 13.0. The number of H-pyrrole nitrogens is 1. The van der Waals surface area contributed by atoms with E-state index in [9.17, 15) is 9.59 Å². The predicted molar refractivity (Wildman–Crippen MR) is 82.3 cm³/mol. The smallest absolute Gasteiger partial charge is 0.255 e. The van der Waals surface area contributed by atoms with Crippen molar-refractivity contribution in [1.82, 2.24) is 30.8 Å². The van der Waals surface area contributed by atoms with E-state index >= 15 is 0 Å². The second-order valence-electron chi connectivity index (χ2n) is 5.76. The van der Waals surface area contributed by atoms with Crippen molar-refractivity contribution in [3.05, 3.63) is 29.8 Å². The number of nitrogens with one attached hydrogen (secondary N) is 2. The van der Waals surface area contributed by atoms with Crippen molar-refractivity contribution >= 4 is 11.8 Å². The van der Waals surface area contributed by atoms with Crippen LogP contribution in [-0.2, 0) is 4.79 Å². The largest absolute Gasteiger partial charge is 0.353 e. The first kappa shape index (κ1) is 15.1. The second kappa shape index (κ2) is 6.15. The first-order chi connectivity index (χ1) is 11.1. The Morgan fingerprint density at radius 2 is 2.13 bits per heavy atom. The standard InChI is InChI=1S/C15H18N6O2/c1-9(2)12-14(22)16-7-8-21(12)15(23)11-6-4-3-5-10(11)13-17-19-20-18-13/h3-6,9,12H,7-8H2,1-2H3,(H,16,22)(H,17,18,19,20)/t12-/m1/s1. The molecule has 1 saturated heterocycles. The number of aromatic amines is 1. The highest BCUT2D eigenvalue weighted by Gasteiger charge is 2.36. The Balaban J connectivity index is 1.99. The Bertz CT molecular complexity index is 713. The summed E-state index contributed by atoms with van der Waals surface area (Å²) in [5, 5.41) is 16.6. The zero-order valence-electron chi connectivity index (χ0n) is 13.0. The third-order valence-electron chi connectivity index (χ3n) is 3.89. The molecule has 1 aromatic heterocycles. The van der Waals surface area contributed by atoms with E-state index in [4.69, 9.17) is 0 Å². The summed E-state index contributed by atoms with van der Waals surface area (Å²) in [6, 6.07) is 6.61. The molecule has 2 amide bonds. The number of carbonyl (C=O) groups is 2. The second-order valence-corrected chi connectivity index (χ2v) is 5.76.